The summed E-state index contributed by atoms with van der Waals surface area (Å²) in [6, 6.07) is 18.7. The molecule has 94 valence electrons. The second-order valence-corrected chi connectivity index (χ2v) is 4.31. The summed E-state index contributed by atoms with van der Waals surface area (Å²) < 4.78 is 5.17. The maximum absolute atomic E-state index is 9.09. The van der Waals surface area contributed by atoms with Crippen molar-refractivity contribution in [2.75, 3.05) is 13.7 Å². The molecule has 2 heteroatoms. The summed E-state index contributed by atoms with van der Waals surface area (Å²) >= 11 is 0. The van der Waals surface area contributed by atoms with Crippen molar-refractivity contribution in [3.8, 4) is 11.1 Å². The Hall–Kier alpha value is -1.64. The molecule has 0 bridgehead atoms. The average Bonchev–Trinajstić information content (AvgIpc) is 2.46. The van der Waals surface area contributed by atoms with E-state index in [4.69, 9.17) is 9.84 Å². The minimum Gasteiger partial charge on any atom is -0.394 e. The third-order valence-corrected chi connectivity index (χ3v) is 3.06. The number of aliphatic hydroxyl groups is 1. The topological polar surface area (TPSA) is 29.5 Å². The van der Waals surface area contributed by atoms with E-state index in [0.717, 1.165) is 6.42 Å². The molecule has 0 unspecified atom stereocenters. The lowest BCUT2D eigenvalue weighted by molar-refractivity contribution is 0.0495. The highest BCUT2D eigenvalue weighted by molar-refractivity contribution is 5.63. The van der Waals surface area contributed by atoms with Gasteiger partial charge in [0.25, 0.3) is 0 Å². The van der Waals surface area contributed by atoms with Crippen molar-refractivity contribution in [1.29, 1.82) is 0 Å². The first-order valence-corrected chi connectivity index (χ1v) is 6.11. The third kappa shape index (κ3) is 3.19. The van der Waals surface area contributed by atoms with Crippen molar-refractivity contribution < 1.29 is 9.84 Å². The van der Waals surface area contributed by atoms with Crippen molar-refractivity contribution in [2.45, 2.75) is 12.5 Å². The summed E-state index contributed by atoms with van der Waals surface area (Å²) in [5.41, 5.74) is 3.60. The smallest absolute Gasteiger partial charge is 0.0842 e. The molecular formula is C16H18O2. The van der Waals surface area contributed by atoms with Crippen LogP contribution in [0.1, 0.15) is 5.56 Å². The van der Waals surface area contributed by atoms with Crippen LogP contribution in [0.3, 0.4) is 0 Å². The first-order chi connectivity index (χ1) is 8.83. The molecule has 0 aromatic heterocycles. The molecule has 2 rings (SSSR count). The van der Waals surface area contributed by atoms with Crippen LogP contribution in [0.2, 0.25) is 0 Å². The minimum absolute atomic E-state index is 0.0525. The molecular weight excluding hydrogens is 224 g/mol. The Bertz CT molecular complexity index is 458. The summed E-state index contributed by atoms with van der Waals surface area (Å²) in [5, 5.41) is 9.09. The fraction of sp³-hybridized carbons (Fsp3) is 0.250. The van der Waals surface area contributed by atoms with E-state index in [2.05, 4.69) is 36.4 Å². The molecule has 0 aliphatic rings. The summed E-state index contributed by atoms with van der Waals surface area (Å²) in [4.78, 5) is 0. The quantitative estimate of drug-likeness (QED) is 0.873. The number of benzene rings is 2. The molecule has 1 atom stereocenters. The number of hydrogen-bond acceptors (Lipinski definition) is 2. The SMILES string of the molecule is CO[C@@H](CO)Cc1ccc(-c2ccccc2)cc1. The number of rotatable bonds is 5. The molecule has 0 aliphatic carbocycles. The van der Waals surface area contributed by atoms with Crippen LogP contribution in [0.15, 0.2) is 54.6 Å². The van der Waals surface area contributed by atoms with Crippen LogP contribution in [0.5, 0.6) is 0 Å². The lowest BCUT2D eigenvalue weighted by atomic mass is 10.0. The van der Waals surface area contributed by atoms with Gasteiger partial charge >= 0.3 is 0 Å². The highest BCUT2D eigenvalue weighted by Crippen LogP contribution is 2.19. The van der Waals surface area contributed by atoms with Gasteiger partial charge in [0.1, 0.15) is 0 Å². The lowest BCUT2D eigenvalue weighted by Crippen LogP contribution is -2.18. The van der Waals surface area contributed by atoms with Crippen molar-refractivity contribution in [3.63, 3.8) is 0 Å². The van der Waals surface area contributed by atoms with Gasteiger partial charge < -0.3 is 9.84 Å². The monoisotopic (exact) mass is 242 g/mol. The van der Waals surface area contributed by atoms with E-state index >= 15 is 0 Å². The Labute approximate surface area is 108 Å². The van der Waals surface area contributed by atoms with E-state index in [1.54, 1.807) is 7.11 Å². The predicted molar refractivity (Wildman–Crippen MR) is 73.5 cm³/mol. The van der Waals surface area contributed by atoms with Crippen LogP contribution in [0.25, 0.3) is 11.1 Å². The third-order valence-electron chi connectivity index (χ3n) is 3.06. The summed E-state index contributed by atoms with van der Waals surface area (Å²) in [6.07, 6.45) is 0.620. The summed E-state index contributed by atoms with van der Waals surface area (Å²) in [5.74, 6) is 0. The fourth-order valence-corrected chi connectivity index (χ4v) is 1.95. The largest absolute Gasteiger partial charge is 0.394 e. The zero-order valence-electron chi connectivity index (χ0n) is 10.5. The molecule has 0 amide bonds. The molecule has 18 heavy (non-hydrogen) atoms. The highest BCUT2D eigenvalue weighted by Gasteiger charge is 2.06. The van der Waals surface area contributed by atoms with Gasteiger partial charge in [0.15, 0.2) is 0 Å². The zero-order chi connectivity index (χ0) is 12.8. The van der Waals surface area contributed by atoms with Crippen molar-refractivity contribution >= 4 is 0 Å². The van der Waals surface area contributed by atoms with E-state index in [-0.39, 0.29) is 12.7 Å². The molecule has 0 saturated carbocycles. The van der Waals surface area contributed by atoms with Crippen LogP contribution < -0.4 is 0 Å². The average molecular weight is 242 g/mol. The van der Waals surface area contributed by atoms with Crippen LogP contribution in [0.4, 0.5) is 0 Å². The molecule has 0 spiro atoms. The summed E-state index contributed by atoms with van der Waals surface area (Å²) in [6.45, 7) is 0.0525. The first-order valence-electron chi connectivity index (χ1n) is 6.11. The predicted octanol–water partition coefficient (Wildman–Crippen LogP) is 2.90. The number of methoxy groups -OCH3 is 1. The lowest BCUT2D eigenvalue weighted by Gasteiger charge is -2.12. The Kier molecular flexibility index (Phi) is 4.51. The Balaban J connectivity index is 2.11. The van der Waals surface area contributed by atoms with E-state index < -0.39 is 0 Å². The van der Waals surface area contributed by atoms with E-state index in [1.807, 2.05) is 18.2 Å². The number of aliphatic hydroxyl groups excluding tert-OH is 1. The van der Waals surface area contributed by atoms with Crippen molar-refractivity contribution in [3.05, 3.63) is 60.2 Å². The van der Waals surface area contributed by atoms with Crippen molar-refractivity contribution in [1.82, 2.24) is 0 Å². The van der Waals surface area contributed by atoms with Gasteiger partial charge in [-0.2, -0.15) is 0 Å². The fourth-order valence-electron chi connectivity index (χ4n) is 1.95. The summed E-state index contributed by atoms with van der Waals surface area (Å²) in [7, 11) is 1.62. The van der Waals surface area contributed by atoms with Gasteiger partial charge in [-0.1, -0.05) is 54.6 Å². The van der Waals surface area contributed by atoms with Gasteiger partial charge in [-0.3, -0.25) is 0 Å². The van der Waals surface area contributed by atoms with E-state index in [0.29, 0.717) is 0 Å². The van der Waals surface area contributed by atoms with Gasteiger partial charge in [0.2, 0.25) is 0 Å². The molecule has 1 N–H and O–H groups in total. The Morgan fingerprint density at radius 3 is 2.11 bits per heavy atom. The number of hydrogen-bond donors (Lipinski definition) is 1. The minimum atomic E-state index is -0.118. The number of ether oxygens (including phenoxy) is 1. The molecule has 0 radical (unpaired) electrons. The maximum atomic E-state index is 9.09. The molecule has 0 aliphatic heterocycles. The standard InChI is InChI=1S/C16H18O2/c1-18-16(12-17)11-13-7-9-15(10-8-13)14-5-3-2-4-6-14/h2-10,16-17H,11-12H2,1H3/t16-/m1/s1. The van der Waals surface area contributed by atoms with Crippen molar-refractivity contribution in [2.24, 2.45) is 0 Å². The second kappa shape index (κ2) is 6.34. The molecule has 2 nitrogen and oxygen atoms in total. The first kappa shape index (κ1) is 12.8. The molecule has 0 saturated heterocycles. The Morgan fingerprint density at radius 1 is 0.944 bits per heavy atom. The van der Waals surface area contributed by atoms with Gasteiger partial charge in [-0.05, 0) is 16.7 Å². The van der Waals surface area contributed by atoms with Crippen LogP contribution in [-0.4, -0.2) is 24.9 Å². The van der Waals surface area contributed by atoms with Crippen LogP contribution >= 0.6 is 0 Å². The van der Waals surface area contributed by atoms with Gasteiger partial charge in [0, 0.05) is 13.5 Å². The van der Waals surface area contributed by atoms with E-state index in [9.17, 15) is 0 Å². The molecule has 2 aromatic carbocycles. The van der Waals surface area contributed by atoms with E-state index in [1.165, 1.54) is 16.7 Å². The molecule has 0 heterocycles. The van der Waals surface area contributed by atoms with Crippen LogP contribution in [-0.2, 0) is 11.2 Å². The van der Waals surface area contributed by atoms with Gasteiger partial charge in [-0.25, -0.2) is 0 Å². The maximum Gasteiger partial charge on any atom is 0.0842 e. The second-order valence-electron chi connectivity index (χ2n) is 4.31. The molecule has 2 aromatic rings. The Morgan fingerprint density at radius 2 is 1.56 bits per heavy atom. The van der Waals surface area contributed by atoms with Gasteiger partial charge in [0.05, 0.1) is 12.7 Å². The highest BCUT2D eigenvalue weighted by atomic mass is 16.5. The van der Waals surface area contributed by atoms with Crippen LogP contribution in [0, 0.1) is 0 Å². The zero-order valence-corrected chi connectivity index (χ0v) is 10.5. The normalized spacial score (nSPS) is 12.3. The molecule has 0 fully saturated rings. The van der Waals surface area contributed by atoms with Gasteiger partial charge in [-0.15, -0.1) is 0 Å².